The molecule has 0 atom stereocenters. The second-order valence-corrected chi connectivity index (χ2v) is 7.87. The van der Waals surface area contributed by atoms with Gasteiger partial charge < -0.3 is 16.0 Å². The molecule has 0 unspecified atom stereocenters. The summed E-state index contributed by atoms with van der Waals surface area (Å²) >= 11 is 18.7. The third-order valence-corrected chi connectivity index (χ3v) is 6.05. The van der Waals surface area contributed by atoms with E-state index in [9.17, 15) is 0 Å². The molecule has 1 spiro atoms. The number of nitrogens with zero attached hydrogens (tertiary/aromatic N) is 1. The molecule has 0 amide bonds. The number of hydrogen-bond donors (Lipinski definition) is 3. The Hall–Kier alpha value is -1.46. The Kier molecular flexibility index (Phi) is 5.02. The molecule has 0 radical (unpaired) electrons. The zero-order valence-electron chi connectivity index (χ0n) is 14.1. The molecule has 0 aromatic heterocycles. The average molecular weight is 410 g/mol. The van der Waals surface area contributed by atoms with E-state index in [2.05, 4.69) is 16.0 Å². The van der Waals surface area contributed by atoms with Crippen LogP contribution in [0.15, 0.2) is 41.4 Å². The lowest BCUT2D eigenvalue weighted by Gasteiger charge is -2.43. The number of nitrogens with one attached hydrogen (secondary N) is 3. The predicted molar refractivity (Wildman–Crippen MR) is 110 cm³/mol. The minimum absolute atomic E-state index is 0.239. The highest BCUT2D eigenvalue weighted by atomic mass is 35.5. The fraction of sp³-hybridized carbons (Fsp3) is 0.316. The molecule has 0 aliphatic carbocycles. The van der Waals surface area contributed by atoms with Gasteiger partial charge in [-0.2, -0.15) is 0 Å². The van der Waals surface area contributed by atoms with Crippen molar-refractivity contribution in [2.45, 2.75) is 24.9 Å². The van der Waals surface area contributed by atoms with Crippen molar-refractivity contribution < 1.29 is 0 Å². The number of anilines is 1. The van der Waals surface area contributed by atoms with Gasteiger partial charge in [-0.05, 0) is 49.7 Å². The number of benzene rings is 2. The number of fused-ring (bicyclic) bond motifs is 1. The van der Waals surface area contributed by atoms with Crippen LogP contribution in [0.3, 0.4) is 0 Å². The molecule has 3 N–H and O–H groups in total. The third-order valence-electron chi connectivity index (χ3n) is 4.96. The molecule has 0 bridgehead atoms. The molecular formula is C19H19Cl3N4. The van der Waals surface area contributed by atoms with E-state index in [4.69, 9.17) is 39.8 Å². The first-order valence-electron chi connectivity index (χ1n) is 8.62. The van der Waals surface area contributed by atoms with Crippen molar-refractivity contribution in [3.05, 3.63) is 57.0 Å². The van der Waals surface area contributed by atoms with E-state index in [0.29, 0.717) is 16.6 Å². The second kappa shape index (κ2) is 7.28. The minimum atomic E-state index is -0.239. The Labute approximate surface area is 167 Å². The van der Waals surface area contributed by atoms with E-state index in [-0.39, 0.29) is 5.54 Å². The summed E-state index contributed by atoms with van der Waals surface area (Å²) in [7, 11) is 0. The molecular weight excluding hydrogens is 391 g/mol. The van der Waals surface area contributed by atoms with Crippen LogP contribution in [-0.2, 0) is 6.54 Å². The molecule has 1 fully saturated rings. The van der Waals surface area contributed by atoms with Crippen molar-refractivity contribution in [3.8, 4) is 0 Å². The van der Waals surface area contributed by atoms with Crippen LogP contribution in [0.5, 0.6) is 0 Å². The number of hydrogen-bond acceptors (Lipinski definition) is 4. The van der Waals surface area contributed by atoms with Gasteiger partial charge in [0.2, 0.25) is 0 Å². The lowest BCUT2D eigenvalue weighted by atomic mass is 9.85. The lowest BCUT2D eigenvalue weighted by molar-refractivity contribution is 0.412. The molecule has 136 valence electrons. The minimum Gasteiger partial charge on any atom is -0.371 e. The molecule has 7 heteroatoms. The fourth-order valence-electron chi connectivity index (χ4n) is 3.52. The van der Waals surface area contributed by atoms with Crippen molar-refractivity contribution in [2.75, 3.05) is 18.4 Å². The number of piperidine rings is 1. The van der Waals surface area contributed by atoms with Crippen LogP contribution in [0, 0.1) is 0 Å². The first-order valence-corrected chi connectivity index (χ1v) is 9.75. The summed E-state index contributed by atoms with van der Waals surface area (Å²) in [6, 6.07) is 11.5. The van der Waals surface area contributed by atoms with Crippen LogP contribution in [0.25, 0.3) is 0 Å². The lowest BCUT2D eigenvalue weighted by Crippen LogP contribution is -2.58. The van der Waals surface area contributed by atoms with Crippen LogP contribution in [-0.4, -0.2) is 24.5 Å². The van der Waals surface area contributed by atoms with Gasteiger partial charge >= 0.3 is 0 Å². The van der Waals surface area contributed by atoms with Gasteiger partial charge in [0.25, 0.3) is 0 Å². The van der Waals surface area contributed by atoms with Crippen molar-refractivity contribution in [1.82, 2.24) is 10.6 Å². The van der Waals surface area contributed by atoms with Crippen molar-refractivity contribution >= 4 is 52.0 Å². The number of aliphatic imine (C=N–C) groups is 1. The van der Waals surface area contributed by atoms with Crippen LogP contribution < -0.4 is 16.0 Å². The summed E-state index contributed by atoms with van der Waals surface area (Å²) in [6.07, 6.45) is 1.86. The average Bonchev–Trinajstić information content (AvgIpc) is 2.64. The maximum atomic E-state index is 6.30. The molecule has 2 aromatic carbocycles. The highest BCUT2D eigenvalue weighted by Crippen LogP contribution is 2.41. The van der Waals surface area contributed by atoms with E-state index in [1.807, 2.05) is 30.3 Å². The molecule has 2 aliphatic heterocycles. The first kappa shape index (κ1) is 17.9. The van der Waals surface area contributed by atoms with Gasteiger partial charge in [0, 0.05) is 11.6 Å². The first-order chi connectivity index (χ1) is 12.6. The maximum absolute atomic E-state index is 6.30. The van der Waals surface area contributed by atoms with Crippen LogP contribution in [0.1, 0.15) is 18.4 Å². The van der Waals surface area contributed by atoms with Crippen molar-refractivity contribution in [1.29, 1.82) is 0 Å². The fourth-order valence-corrected chi connectivity index (χ4v) is 4.04. The van der Waals surface area contributed by atoms with E-state index >= 15 is 0 Å². The maximum Gasteiger partial charge on any atom is 0.128 e. The Morgan fingerprint density at radius 2 is 1.73 bits per heavy atom. The number of halogens is 3. The van der Waals surface area contributed by atoms with E-state index in [0.717, 1.165) is 53.7 Å². The van der Waals surface area contributed by atoms with Gasteiger partial charge in [-0.15, -0.1) is 0 Å². The molecule has 2 aliphatic rings. The van der Waals surface area contributed by atoms with Gasteiger partial charge in [-0.1, -0.05) is 53.0 Å². The largest absolute Gasteiger partial charge is 0.371 e. The van der Waals surface area contributed by atoms with Gasteiger partial charge in [0.05, 0.1) is 27.0 Å². The SMILES string of the molecule is Clc1cc2c(cc1Cl)NC1(CCNCC1)C(NCc1ccccc1Cl)=N2. The van der Waals surface area contributed by atoms with Crippen molar-refractivity contribution in [2.24, 2.45) is 4.99 Å². The smallest absolute Gasteiger partial charge is 0.128 e. The summed E-state index contributed by atoms with van der Waals surface area (Å²) < 4.78 is 0. The Bertz CT molecular complexity index is 860. The Morgan fingerprint density at radius 3 is 2.50 bits per heavy atom. The van der Waals surface area contributed by atoms with Crippen LogP contribution in [0.4, 0.5) is 11.4 Å². The van der Waals surface area contributed by atoms with Gasteiger partial charge in [-0.3, -0.25) is 0 Å². The van der Waals surface area contributed by atoms with E-state index in [1.165, 1.54) is 0 Å². The standard InChI is InChI=1S/C19H19Cl3N4/c20-13-4-2-1-3-12(13)11-24-18-19(5-7-23-8-6-19)26-17-10-15(22)14(21)9-16(17)25-18/h1-4,9-10,23,26H,5-8,11H2,(H,24,25). The highest BCUT2D eigenvalue weighted by Gasteiger charge is 2.40. The van der Waals surface area contributed by atoms with Gasteiger partial charge in [0.1, 0.15) is 5.84 Å². The third kappa shape index (κ3) is 3.39. The molecule has 2 aromatic rings. The van der Waals surface area contributed by atoms with Crippen LogP contribution in [0.2, 0.25) is 15.1 Å². The molecule has 2 heterocycles. The summed E-state index contributed by atoms with van der Waals surface area (Å²) in [5, 5.41) is 12.4. The van der Waals surface area contributed by atoms with E-state index in [1.54, 1.807) is 6.07 Å². The zero-order valence-corrected chi connectivity index (χ0v) is 16.3. The predicted octanol–water partition coefficient (Wildman–Crippen LogP) is 5.01. The Morgan fingerprint density at radius 1 is 1.00 bits per heavy atom. The Balaban J connectivity index is 1.68. The molecule has 4 rings (SSSR count). The monoisotopic (exact) mass is 408 g/mol. The molecule has 26 heavy (non-hydrogen) atoms. The molecule has 0 saturated carbocycles. The number of amidine groups is 1. The molecule has 4 nitrogen and oxygen atoms in total. The zero-order chi connectivity index (χ0) is 18.1. The summed E-state index contributed by atoms with van der Waals surface area (Å²) in [5.41, 5.74) is 2.52. The summed E-state index contributed by atoms with van der Waals surface area (Å²) in [4.78, 5) is 4.90. The van der Waals surface area contributed by atoms with Gasteiger partial charge in [0.15, 0.2) is 0 Å². The number of rotatable bonds is 2. The normalized spacial score (nSPS) is 18.0. The molecule has 1 saturated heterocycles. The van der Waals surface area contributed by atoms with Gasteiger partial charge in [-0.25, -0.2) is 4.99 Å². The van der Waals surface area contributed by atoms with E-state index < -0.39 is 0 Å². The second-order valence-electron chi connectivity index (χ2n) is 6.65. The highest BCUT2D eigenvalue weighted by molar-refractivity contribution is 6.42. The quantitative estimate of drug-likeness (QED) is 0.653. The van der Waals surface area contributed by atoms with Crippen molar-refractivity contribution in [3.63, 3.8) is 0 Å². The summed E-state index contributed by atoms with van der Waals surface area (Å²) in [5.74, 6) is 0.921. The topological polar surface area (TPSA) is 48.4 Å². The summed E-state index contributed by atoms with van der Waals surface area (Å²) in [6.45, 7) is 2.47. The van der Waals surface area contributed by atoms with Crippen LogP contribution >= 0.6 is 34.8 Å².